The summed E-state index contributed by atoms with van der Waals surface area (Å²) >= 11 is 0. The highest BCUT2D eigenvalue weighted by Gasteiger charge is 2.40. The SMILES string of the molecule is CC1OCCN(C(=O)[C@H](C)NC(=O)OCC2c3ccccc3-c3ccccc32)C1C(=O)O. The molecule has 2 aromatic rings. The lowest BCUT2D eigenvalue weighted by atomic mass is 9.98. The summed E-state index contributed by atoms with van der Waals surface area (Å²) in [7, 11) is 0. The smallest absolute Gasteiger partial charge is 0.407 e. The molecule has 0 spiro atoms. The molecule has 0 saturated carbocycles. The van der Waals surface area contributed by atoms with Crippen LogP contribution >= 0.6 is 0 Å². The second-order valence-electron chi connectivity index (χ2n) is 8.08. The lowest BCUT2D eigenvalue weighted by molar-refractivity contribution is -0.165. The van der Waals surface area contributed by atoms with Gasteiger partial charge in [0.05, 0.1) is 12.7 Å². The van der Waals surface area contributed by atoms with E-state index >= 15 is 0 Å². The van der Waals surface area contributed by atoms with Crippen molar-refractivity contribution in [3.63, 3.8) is 0 Å². The summed E-state index contributed by atoms with van der Waals surface area (Å²) in [4.78, 5) is 38.1. The van der Waals surface area contributed by atoms with Crippen molar-refractivity contribution in [3.8, 4) is 11.1 Å². The number of carbonyl (C=O) groups is 3. The third kappa shape index (κ3) is 4.05. The maximum Gasteiger partial charge on any atom is 0.407 e. The Morgan fingerprint density at radius 2 is 1.72 bits per heavy atom. The molecule has 0 radical (unpaired) electrons. The molecule has 4 rings (SSSR count). The molecule has 2 amide bonds. The average Bonchev–Trinajstić information content (AvgIpc) is 3.10. The lowest BCUT2D eigenvalue weighted by Gasteiger charge is -2.38. The molecule has 2 N–H and O–H groups in total. The van der Waals surface area contributed by atoms with Gasteiger partial charge in [-0.05, 0) is 36.1 Å². The molecule has 8 nitrogen and oxygen atoms in total. The van der Waals surface area contributed by atoms with E-state index in [1.54, 1.807) is 6.92 Å². The number of ether oxygens (including phenoxy) is 2. The van der Waals surface area contributed by atoms with Crippen LogP contribution in [0.25, 0.3) is 11.1 Å². The maximum absolute atomic E-state index is 12.8. The predicted octanol–water partition coefficient (Wildman–Crippen LogP) is 2.61. The number of carboxylic acid groups (broad SMARTS) is 1. The molecule has 1 fully saturated rings. The minimum atomic E-state index is -1.14. The number of fused-ring (bicyclic) bond motifs is 3. The summed E-state index contributed by atoms with van der Waals surface area (Å²) in [6.07, 6.45) is -1.35. The fraction of sp³-hybridized carbons (Fsp3) is 0.375. The molecule has 1 aliphatic carbocycles. The van der Waals surface area contributed by atoms with Crippen molar-refractivity contribution in [3.05, 3.63) is 59.7 Å². The predicted molar refractivity (Wildman–Crippen MR) is 116 cm³/mol. The molecule has 0 bridgehead atoms. The maximum atomic E-state index is 12.8. The van der Waals surface area contributed by atoms with Gasteiger partial charge in [0.2, 0.25) is 5.91 Å². The standard InChI is InChI=1S/C24H26N2O6/c1-14(22(27)26-11-12-31-15(2)21(26)23(28)29)25-24(30)32-13-20-18-9-5-3-7-16(18)17-8-4-6-10-19(17)20/h3-10,14-15,20-21H,11-13H2,1-2H3,(H,25,30)(H,28,29)/t14-,15?,21?/m0/s1. The molecule has 32 heavy (non-hydrogen) atoms. The van der Waals surface area contributed by atoms with E-state index < -0.39 is 36.2 Å². The molecule has 168 valence electrons. The van der Waals surface area contributed by atoms with Crippen molar-refractivity contribution in [1.82, 2.24) is 10.2 Å². The number of carbonyl (C=O) groups excluding carboxylic acids is 2. The second kappa shape index (κ2) is 9.00. The zero-order chi connectivity index (χ0) is 22.8. The van der Waals surface area contributed by atoms with Gasteiger partial charge in [0.15, 0.2) is 6.04 Å². The van der Waals surface area contributed by atoms with Crippen molar-refractivity contribution in [1.29, 1.82) is 0 Å². The van der Waals surface area contributed by atoms with E-state index in [0.29, 0.717) is 0 Å². The van der Waals surface area contributed by atoms with Gasteiger partial charge in [-0.15, -0.1) is 0 Å². The first-order valence-corrected chi connectivity index (χ1v) is 10.6. The van der Waals surface area contributed by atoms with Crippen LogP contribution < -0.4 is 5.32 Å². The summed E-state index contributed by atoms with van der Waals surface area (Å²) in [5.41, 5.74) is 4.44. The van der Waals surface area contributed by atoms with Gasteiger partial charge in [-0.1, -0.05) is 48.5 Å². The van der Waals surface area contributed by atoms with Crippen LogP contribution in [0.1, 0.15) is 30.9 Å². The number of morpholine rings is 1. The number of benzene rings is 2. The van der Waals surface area contributed by atoms with Gasteiger partial charge >= 0.3 is 12.1 Å². The van der Waals surface area contributed by atoms with Crippen LogP contribution in [0.2, 0.25) is 0 Å². The fourth-order valence-corrected chi connectivity index (χ4v) is 4.53. The van der Waals surface area contributed by atoms with Crippen LogP contribution in [-0.2, 0) is 19.1 Å². The van der Waals surface area contributed by atoms with Crippen LogP contribution in [0.4, 0.5) is 4.79 Å². The molecular formula is C24H26N2O6. The van der Waals surface area contributed by atoms with Gasteiger partial charge in [-0.2, -0.15) is 0 Å². The van der Waals surface area contributed by atoms with Gasteiger partial charge in [0, 0.05) is 12.5 Å². The summed E-state index contributed by atoms with van der Waals surface area (Å²) in [6.45, 7) is 3.66. The average molecular weight is 438 g/mol. The van der Waals surface area contributed by atoms with E-state index in [1.165, 1.54) is 11.8 Å². The van der Waals surface area contributed by atoms with Crippen molar-refractivity contribution in [2.45, 2.75) is 38.0 Å². The minimum Gasteiger partial charge on any atom is -0.480 e. The van der Waals surface area contributed by atoms with Crippen LogP contribution in [-0.4, -0.2) is 65.9 Å². The Hall–Kier alpha value is -3.39. The molecule has 1 heterocycles. The van der Waals surface area contributed by atoms with Gasteiger partial charge in [0.1, 0.15) is 12.6 Å². The molecule has 0 aromatic heterocycles. The molecule has 8 heteroatoms. The summed E-state index contributed by atoms with van der Waals surface area (Å²) in [5, 5.41) is 12.0. The molecule has 2 aromatic carbocycles. The van der Waals surface area contributed by atoms with E-state index in [2.05, 4.69) is 17.4 Å². The van der Waals surface area contributed by atoms with E-state index in [4.69, 9.17) is 9.47 Å². The van der Waals surface area contributed by atoms with Crippen molar-refractivity contribution in [2.24, 2.45) is 0 Å². The number of aliphatic carboxylic acids is 1. The molecule has 1 aliphatic heterocycles. The molecule has 1 saturated heterocycles. The third-order valence-electron chi connectivity index (χ3n) is 6.08. The first-order chi connectivity index (χ1) is 15.4. The van der Waals surface area contributed by atoms with Crippen LogP contribution in [0.3, 0.4) is 0 Å². The Morgan fingerprint density at radius 3 is 2.31 bits per heavy atom. The molecular weight excluding hydrogens is 412 g/mol. The van der Waals surface area contributed by atoms with Gasteiger partial charge in [-0.25, -0.2) is 9.59 Å². The zero-order valence-corrected chi connectivity index (χ0v) is 18.0. The topological polar surface area (TPSA) is 105 Å². The Balaban J connectivity index is 1.39. The summed E-state index contributed by atoms with van der Waals surface area (Å²) in [6, 6.07) is 14.0. The monoisotopic (exact) mass is 438 g/mol. The summed E-state index contributed by atoms with van der Waals surface area (Å²) in [5.74, 6) is -1.71. The largest absolute Gasteiger partial charge is 0.480 e. The molecule has 2 aliphatic rings. The quantitative estimate of drug-likeness (QED) is 0.744. The Kier molecular flexibility index (Phi) is 6.14. The van der Waals surface area contributed by atoms with Crippen LogP contribution in [0.15, 0.2) is 48.5 Å². The number of nitrogens with zero attached hydrogens (tertiary/aromatic N) is 1. The van der Waals surface area contributed by atoms with Gasteiger partial charge in [-0.3, -0.25) is 4.79 Å². The van der Waals surface area contributed by atoms with E-state index in [9.17, 15) is 19.5 Å². The molecule has 3 atom stereocenters. The highest BCUT2D eigenvalue weighted by molar-refractivity contribution is 5.89. The third-order valence-corrected chi connectivity index (χ3v) is 6.08. The highest BCUT2D eigenvalue weighted by Crippen LogP contribution is 2.44. The van der Waals surface area contributed by atoms with Crippen LogP contribution in [0, 0.1) is 0 Å². The Bertz CT molecular complexity index is 993. The van der Waals surface area contributed by atoms with Crippen molar-refractivity contribution >= 4 is 18.0 Å². The highest BCUT2D eigenvalue weighted by atomic mass is 16.5. The number of carboxylic acids is 1. The minimum absolute atomic E-state index is 0.0874. The fourth-order valence-electron chi connectivity index (χ4n) is 4.53. The van der Waals surface area contributed by atoms with E-state index in [-0.39, 0.29) is 25.7 Å². The number of hydrogen-bond acceptors (Lipinski definition) is 5. The van der Waals surface area contributed by atoms with Crippen molar-refractivity contribution < 1.29 is 29.0 Å². The summed E-state index contributed by atoms with van der Waals surface area (Å²) < 4.78 is 10.8. The first-order valence-electron chi connectivity index (χ1n) is 10.6. The van der Waals surface area contributed by atoms with Crippen LogP contribution in [0.5, 0.6) is 0 Å². The Labute approximate surface area is 186 Å². The first kappa shape index (κ1) is 21.8. The van der Waals surface area contributed by atoms with Gasteiger partial charge < -0.3 is 24.8 Å². The second-order valence-corrected chi connectivity index (χ2v) is 8.08. The number of rotatable bonds is 5. The van der Waals surface area contributed by atoms with Crippen molar-refractivity contribution in [2.75, 3.05) is 19.8 Å². The van der Waals surface area contributed by atoms with E-state index in [1.807, 2.05) is 36.4 Å². The number of alkyl carbamates (subject to hydrolysis) is 1. The number of amides is 2. The normalized spacial score (nSPS) is 20.8. The molecule has 2 unspecified atom stereocenters. The number of hydrogen-bond donors (Lipinski definition) is 2. The lowest BCUT2D eigenvalue weighted by Crippen LogP contribution is -2.60. The van der Waals surface area contributed by atoms with E-state index in [0.717, 1.165) is 22.3 Å². The zero-order valence-electron chi connectivity index (χ0n) is 18.0. The Morgan fingerprint density at radius 1 is 1.12 bits per heavy atom. The number of nitrogens with one attached hydrogen (secondary N) is 1. The van der Waals surface area contributed by atoms with Gasteiger partial charge in [0.25, 0.3) is 0 Å².